The zero-order valence-electron chi connectivity index (χ0n) is 19.4. The molecule has 0 saturated carbocycles. The summed E-state index contributed by atoms with van der Waals surface area (Å²) in [7, 11) is 0. The van der Waals surface area contributed by atoms with Crippen LogP contribution < -0.4 is 16.4 Å². The standard InChI is InChI=1S/C10H26N4O2.4C2H4O2/c11-1-6-14(8-10-16)7-4-12-2-3-13-5-9-15;4*1-2(3)4/h12-13,15-16H,1-11H2;4*1H3,(H,3,4). The molecule has 0 aromatic heterocycles. The van der Waals surface area contributed by atoms with Gasteiger partial charge in [0.25, 0.3) is 23.9 Å². The molecule has 0 atom stereocenters. The molecule has 0 unspecified atom stereocenters. The van der Waals surface area contributed by atoms with Gasteiger partial charge in [0.1, 0.15) is 0 Å². The van der Waals surface area contributed by atoms with Gasteiger partial charge in [-0.1, -0.05) is 0 Å². The third-order valence-corrected chi connectivity index (χ3v) is 2.23. The lowest BCUT2D eigenvalue weighted by Gasteiger charge is -2.20. The largest absolute Gasteiger partial charge is 0.481 e. The van der Waals surface area contributed by atoms with Gasteiger partial charge in [0, 0.05) is 80.1 Å². The first kappa shape index (κ1) is 40.0. The lowest BCUT2D eigenvalue weighted by atomic mass is 10.4. The number of nitrogens with two attached hydrogens (primary N) is 1. The van der Waals surface area contributed by atoms with Crippen LogP contribution in [0.15, 0.2) is 0 Å². The Morgan fingerprint density at radius 3 is 1.25 bits per heavy atom. The molecule has 0 aliphatic carbocycles. The molecule has 0 amide bonds. The first-order valence-electron chi connectivity index (χ1n) is 9.61. The maximum Gasteiger partial charge on any atom is 0.300 e. The molecule has 10 N–H and O–H groups in total. The molecule has 0 spiro atoms. The minimum Gasteiger partial charge on any atom is -0.481 e. The van der Waals surface area contributed by atoms with Crippen LogP contribution in [0.2, 0.25) is 0 Å². The Morgan fingerprint density at radius 1 is 0.625 bits per heavy atom. The van der Waals surface area contributed by atoms with E-state index in [0.29, 0.717) is 19.6 Å². The van der Waals surface area contributed by atoms with Crippen LogP contribution in [0, 0.1) is 0 Å². The van der Waals surface area contributed by atoms with E-state index in [1.165, 1.54) is 0 Å². The predicted molar refractivity (Wildman–Crippen MR) is 119 cm³/mol. The topological polar surface area (TPSA) is 243 Å². The van der Waals surface area contributed by atoms with E-state index in [1.807, 2.05) is 0 Å². The van der Waals surface area contributed by atoms with Crippen LogP contribution in [0.5, 0.6) is 0 Å². The molecule has 32 heavy (non-hydrogen) atoms. The quantitative estimate of drug-likeness (QED) is 0.136. The number of aliphatic hydroxyl groups excluding tert-OH is 2. The van der Waals surface area contributed by atoms with Crippen LogP contribution in [0.1, 0.15) is 27.7 Å². The Kier molecular flexibility index (Phi) is 45.1. The van der Waals surface area contributed by atoms with Crippen molar-refractivity contribution >= 4 is 23.9 Å². The van der Waals surface area contributed by atoms with Crippen LogP contribution in [0.4, 0.5) is 0 Å². The fourth-order valence-electron chi connectivity index (χ4n) is 1.40. The number of carbonyl (C=O) groups is 4. The summed E-state index contributed by atoms with van der Waals surface area (Å²) in [5, 5.41) is 53.4. The van der Waals surface area contributed by atoms with Gasteiger partial charge in [0.05, 0.1) is 13.2 Å². The summed E-state index contributed by atoms with van der Waals surface area (Å²) in [4.78, 5) is 38.1. The van der Waals surface area contributed by atoms with Gasteiger partial charge in [-0.3, -0.25) is 24.1 Å². The Balaban J connectivity index is -0.000000123. The van der Waals surface area contributed by atoms with E-state index < -0.39 is 23.9 Å². The third-order valence-electron chi connectivity index (χ3n) is 2.23. The Bertz CT molecular complexity index is 370. The number of hydrogen-bond acceptors (Lipinski definition) is 10. The minimum absolute atomic E-state index is 0.179. The van der Waals surface area contributed by atoms with E-state index in [1.54, 1.807) is 0 Å². The fourth-order valence-corrected chi connectivity index (χ4v) is 1.40. The van der Waals surface area contributed by atoms with Crippen molar-refractivity contribution in [3.05, 3.63) is 0 Å². The lowest BCUT2D eigenvalue weighted by Crippen LogP contribution is -2.39. The maximum absolute atomic E-state index is 9.00. The summed E-state index contributed by atoms with van der Waals surface area (Å²) in [6.07, 6.45) is 0. The van der Waals surface area contributed by atoms with Crippen LogP contribution in [-0.2, 0) is 19.2 Å². The first-order valence-corrected chi connectivity index (χ1v) is 9.61. The van der Waals surface area contributed by atoms with E-state index >= 15 is 0 Å². The molecule has 14 heteroatoms. The Labute approximate surface area is 189 Å². The monoisotopic (exact) mass is 474 g/mol. The number of hydrogen-bond donors (Lipinski definition) is 9. The second-order valence-corrected chi connectivity index (χ2v) is 5.65. The summed E-state index contributed by atoms with van der Waals surface area (Å²) >= 11 is 0. The SMILES string of the molecule is CC(=O)O.CC(=O)O.CC(=O)O.CC(=O)O.NCCN(CCO)CCNCCNCCO. The number of rotatable bonds is 12. The number of nitrogens with zero attached hydrogens (tertiary/aromatic N) is 1. The molecule has 0 saturated heterocycles. The average molecular weight is 475 g/mol. The molecular formula is C18H42N4O10. The Morgan fingerprint density at radius 2 is 0.969 bits per heavy atom. The van der Waals surface area contributed by atoms with Crippen molar-refractivity contribution in [1.29, 1.82) is 0 Å². The summed E-state index contributed by atoms with van der Waals surface area (Å²) in [5.41, 5.74) is 5.47. The molecule has 0 aromatic carbocycles. The van der Waals surface area contributed by atoms with E-state index in [9.17, 15) is 0 Å². The molecule has 194 valence electrons. The van der Waals surface area contributed by atoms with Crippen molar-refractivity contribution in [3.63, 3.8) is 0 Å². The third kappa shape index (κ3) is 123. The summed E-state index contributed by atoms with van der Waals surface area (Å²) in [6, 6.07) is 0. The normalized spacial score (nSPS) is 8.75. The number of carboxylic acids is 4. The van der Waals surface area contributed by atoms with Crippen LogP contribution in [-0.4, -0.2) is 125 Å². The average Bonchev–Trinajstić information content (AvgIpc) is 2.59. The van der Waals surface area contributed by atoms with Gasteiger partial charge in [0.15, 0.2) is 0 Å². The van der Waals surface area contributed by atoms with Gasteiger partial charge >= 0.3 is 0 Å². The molecule has 0 fully saturated rings. The van der Waals surface area contributed by atoms with E-state index in [2.05, 4.69) is 15.5 Å². The number of aliphatic carboxylic acids is 4. The summed E-state index contributed by atoms with van der Waals surface area (Å²) < 4.78 is 0. The highest BCUT2D eigenvalue weighted by atomic mass is 16.4. The summed E-state index contributed by atoms with van der Waals surface area (Å²) in [6.45, 7) is 11.0. The number of aliphatic hydroxyl groups is 2. The zero-order valence-corrected chi connectivity index (χ0v) is 19.4. The van der Waals surface area contributed by atoms with Gasteiger partial charge in [0.2, 0.25) is 0 Å². The smallest absolute Gasteiger partial charge is 0.300 e. The molecule has 0 aliphatic heterocycles. The molecule has 0 aliphatic rings. The molecule has 0 aromatic rings. The van der Waals surface area contributed by atoms with Crippen molar-refractivity contribution in [1.82, 2.24) is 15.5 Å². The number of nitrogens with one attached hydrogen (secondary N) is 2. The highest BCUT2D eigenvalue weighted by molar-refractivity contribution is 5.63. The summed E-state index contributed by atoms with van der Waals surface area (Å²) in [5.74, 6) is -3.33. The van der Waals surface area contributed by atoms with Crippen molar-refractivity contribution < 1.29 is 49.8 Å². The molecule has 14 nitrogen and oxygen atoms in total. The molecular weight excluding hydrogens is 432 g/mol. The van der Waals surface area contributed by atoms with Gasteiger partial charge in [-0.15, -0.1) is 0 Å². The van der Waals surface area contributed by atoms with Crippen LogP contribution in [0.25, 0.3) is 0 Å². The second kappa shape index (κ2) is 36.0. The van der Waals surface area contributed by atoms with Gasteiger partial charge in [-0.25, -0.2) is 0 Å². The van der Waals surface area contributed by atoms with Crippen molar-refractivity contribution in [2.45, 2.75) is 27.7 Å². The fraction of sp³-hybridized carbons (Fsp3) is 0.778. The van der Waals surface area contributed by atoms with Crippen LogP contribution >= 0.6 is 0 Å². The molecule has 0 rings (SSSR count). The minimum atomic E-state index is -0.833. The van der Waals surface area contributed by atoms with E-state index in [0.717, 1.165) is 60.4 Å². The van der Waals surface area contributed by atoms with Crippen molar-refractivity contribution in [3.8, 4) is 0 Å². The van der Waals surface area contributed by atoms with Gasteiger partial charge in [-0.05, 0) is 0 Å². The van der Waals surface area contributed by atoms with Crippen molar-refractivity contribution in [2.75, 3.05) is 65.6 Å². The lowest BCUT2D eigenvalue weighted by molar-refractivity contribution is -0.135. The van der Waals surface area contributed by atoms with Gasteiger partial charge < -0.3 is 47.0 Å². The van der Waals surface area contributed by atoms with Gasteiger partial charge in [-0.2, -0.15) is 0 Å². The first-order chi connectivity index (χ1) is 14.8. The van der Waals surface area contributed by atoms with Crippen LogP contribution in [0.3, 0.4) is 0 Å². The van der Waals surface area contributed by atoms with E-state index in [4.69, 9.17) is 55.6 Å². The second-order valence-electron chi connectivity index (χ2n) is 5.65. The molecule has 0 radical (unpaired) electrons. The zero-order chi connectivity index (χ0) is 26.4. The maximum atomic E-state index is 9.00. The van der Waals surface area contributed by atoms with E-state index in [-0.39, 0.29) is 13.2 Å². The number of carboxylic acid groups (broad SMARTS) is 4. The highest BCUT2D eigenvalue weighted by Gasteiger charge is 2.01. The molecule has 0 bridgehead atoms. The highest BCUT2D eigenvalue weighted by Crippen LogP contribution is 1.84. The predicted octanol–water partition coefficient (Wildman–Crippen LogP) is -2.23. The van der Waals surface area contributed by atoms with Crippen molar-refractivity contribution in [2.24, 2.45) is 5.73 Å². The molecule has 0 heterocycles. The Hall–Kier alpha value is -2.36.